The van der Waals surface area contributed by atoms with E-state index in [1.54, 1.807) is 24.3 Å². The number of ether oxygens (including phenoxy) is 1. The van der Waals surface area contributed by atoms with Gasteiger partial charge in [0.05, 0.1) is 29.5 Å². The summed E-state index contributed by atoms with van der Waals surface area (Å²) in [6, 6.07) is 6.70. The number of aromatic amines is 1. The average molecular weight is 246 g/mol. The lowest BCUT2D eigenvalue weighted by atomic mass is 10.0. The van der Waals surface area contributed by atoms with Gasteiger partial charge >= 0.3 is 0 Å². The van der Waals surface area contributed by atoms with Crippen molar-refractivity contribution in [2.45, 2.75) is 0 Å². The Morgan fingerprint density at radius 2 is 2.00 bits per heavy atom. The fraction of sp³-hybridized carbons (Fsp3) is 0.0833. The number of nitrogens with one attached hydrogen (secondary N) is 1. The second kappa shape index (κ2) is 4.70. The van der Waals surface area contributed by atoms with Crippen molar-refractivity contribution >= 4 is 12.0 Å². The number of nitrogens with zero attached hydrogens (tertiary/aromatic N) is 1. The molecule has 92 valence electrons. The molecule has 0 unspecified atom stereocenters. The van der Waals surface area contributed by atoms with E-state index in [-0.39, 0.29) is 16.9 Å². The van der Waals surface area contributed by atoms with Crippen LogP contribution < -0.4 is 4.74 Å². The number of rotatable bonds is 4. The topological polar surface area (TPSA) is 85.2 Å². The molecule has 6 heteroatoms. The molecule has 0 aliphatic carbocycles. The number of aromatic nitrogens is 1. The predicted molar refractivity (Wildman–Crippen MR) is 64.8 cm³/mol. The highest BCUT2D eigenvalue weighted by atomic mass is 16.6. The summed E-state index contributed by atoms with van der Waals surface area (Å²) in [7, 11) is 1.53. The molecule has 0 amide bonds. The molecule has 0 bridgehead atoms. The maximum absolute atomic E-state index is 10.9. The minimum Gasteiger partial charge on any atom is -0.497 e. The predicted octanol–water partition coefficient (Wildman–Crippen LogP) is 2.41. The minimum atomic E-state index is -0.525. The standard InChI is InChI=1S/C12H10N2O4/c1-18-9-4-2-8(3-5-9)12-10(7-15)13-6-11(12)14(16)17/h2-7,13H,1H3. The van der Waals surface area contributed by atoms with E-state index in [1.165, 1.54) is 13.3 Å². The summed E-state index contributed by atoms with van der Waals surface area (Å²) >= 11 is 0. The number of benzene rings is 1. The van der Waals surface area contributed by atoms with Crippen molar-refractivity contribution < 1.29 is 14.5 Å². The quantitative estimate of drug-likeness (QED) is 0.510. The number of methoxy groups -OCH3 is 1. The monoisotopic (exact) mass is 246 g/mol. The van der Waals surface area contributed by atoms with E-state index in [9.17, 15) is 14.9 Å². The molecule has 0 saturated heterocycles. The van der Waals surface area contributed by atoms with Crippen LogP contribution >= 0.6 is 0 Å². The maximum Gasteiger partial charge on any atom is 0.295 e. The van der Waals surface area contributed by atoms with Crippen LogP contribution in [0.4, 0.5) is 5.69 Å². The van der Waals surface area contributed by atoms with Crippen LogP contribution in [-0.2, 0) is 0 Å². The Morgan fingerprint density at radius 3 is 2.50 bits per heavy atom. The molecule has 1 aromatic carbocycles. The Bertz CT molecular complexity index is 587. The molecule has 1 heterocycles. The summed E-state index contributed by atoms with van der Waals surface area (Å²) in [6.45, 7) is 0. The first kappa shape index (κ1) is 11.8. The molecule has 0 saturated carbocycles. The van der Waals surface area contributed by atoms with Crippen molar-refractivity contribution in [1.82, 2.24) is 4.98 Å². The van der Waals surface area contributed by atoms with Crippen molar-refractivity contribution in [2.24, 2.45) is 0 Å². The molecule has 2 aromatic rings. The third-order valence-corrected chi connectivity index (χ3v) is 2.58. The summed E-state index contributed by atoms with van der Waals surface area (Å²) in [4.78, 5) is 23.8. The molecular weight excluding hydrogens is 236 g/mol. The lowest BCUT2D eigenvalue weighted by molar-refractivity contribution is -0.384. The van der Waals surface area contributed by atoms with Crippen molar-refractivity contribution in [2.75, 3.05) is 7.11 Å². The lowest BCUT2D eigenvalue weighted by Gasteiger charge is -2.02. The molecule has 0 radical (unpaired) electrons. The van der Waals surface area contributed by atoms with Gasteiger partial charge in [0.1, 0.15) is 5.75 Å². The van der Waals surface area contributed by atoms with Gasteiger partial charge in [0.25, 0.3) is 5.69 Å². The average Bonchev–Trinajstić information content (AvgIpc) is 2.82. The molecule has 1 aromatic heterocycles. The van der Waals surface area contributed by atoms with Crippen LogP contribution in [0.3, 0.4) is 0 Å². The molecule has 0 spiro atoms. The zero-order chi connectivity index (χ0) is 13.1. The molecule has 1 N–H and O–H groups in total. The van der Waals surface area contributed by atoms with Crippen molar-refractivity contribution in [1.29, 1.82) is 0 Å². The van der Waals surface area contributed by atoms with Crippen LogP contribution in [-0.4, -0.2) is 23.3 Å². The maximum atomic E-state index is 10.9. The Morgan fingerprint density at radius 1 is 1.33 bits per heavy atom. The summed E-state index contributed by atoms with van der Waals surface area (Å²) in [6.07, 6.45) is 1.77. The molecular formula is C12H10N2O4. The first-order chi connectivity index (χ1) is 8.67. The molecule has 0 aliphatic heterocycles. The van der Waals surface area contributed by atoms with Gasteiger partial charge < -0.3 is 9.72 Å². The third-order valence-electron chi connectivity index (χ3n) is 2.58. The fourth-order valence-corrected chi connectivity index (χ4v) is 1.73. The smallest absolute Gasteiger partial charge is 0.295 e. The molecule has 0 aliphatic rings. The highest BCUT2D eigenvalue weighted by molar-refractivity contribution is 5.90. The van der Waals surface area contributed by atoms with Gasteiger partial charge in [-0.15, -0.1) is 0 Å². The molecule has 0 atom stereocenters. The Kier molecular flexibility index (Phi) is 3.09. The van der Waals surface area contributed by atoms with E-state index in [0.29, 0.717) is 17.6 Å². The number of aldehydes is 1. The molecule has 18 heavy (non-hydrogen) atoms. The lowest BCUT2D eigenvalue weighted by Crippen LogP contribution is -1.91. The van der Waals surface area contributed by atoms with Crippen LogP contribution in [0.5, 0.6) is 5.75 Å². The van der Waals surface area contributed by atoms with Gasteiger partial charge in [0.2, 0.25) is 0 Å². The van der Waals surface area contributed by atoms with E-state index in [0.717, 1.165) is 0 Å². The summed E-state index contributed by atoms with van der Waals surface area (Å²) in [5.41, 5.74) is 0.942. The van der Waals surface area contributed by atoms with Crippen LogP contribution in [0.15, 0.2) is 30.5 Å². The summed E-state index contributed by atoms with van der Waals surface area (Å²) in [5, 5.41) is 10.9. The van der Waals surface area contributed by atoms with Crippen LogP contribution in [0.1, 0.15) is 10.5 Å². The van der Waals surface area contributed by atoms with Gasteiger partial charge in [0, 0.05) is 0 Å². The highest BCUT2D eigenvalue weighted by Gasteiger charge is 2.21. The van der Waals surface area contributed by atoms with Gasteiger partial charge in [-0.2, -0.15) is 0 Å². The molecule has 0 fully saturated rings. The van der Waals surface area contributed by atoms with E-state index in [1.807, 2.05) is 0 Å². The van der Waals surface area contributed by atoms with E-state index < -0.39 is 4.92 Å². The summed E-state index contributed by atoms with van der Waals surface area (Å²) in [5.74, 6) is 0.643. The normalized spacial score (nSPS) is 10.1. The summed E-state index contributed by atoms with van der Waals surface area (Å²) < 4.78 is 5.01. The van der Waals surface area contributed by atoms with Gasteiger partial charge in [-0.1, -0.05) is 12.1 Å². The van der Waals surface area contributed by atoms with Crippen molar-refractivity contribution in [3.05, 3.63) is 46.3 Å². The Balaban J connectivity index is 2.57. The van der Waals surface area contributed by atoms with E-state index in [2.05, 4.69) is 4.98 Å². The Hall–Kier alpha value is -2.63. The number of nitro groups is 1. The second-order valence-corrected chi connectivity index (χ2v) is 3.57. The van der Waals surface area contributed by atoms with E-state index >= 15 is 0 Å². The zero-order valence-corrected chi connectivity index (χ0v) is 9.54. The molecule has 6 nitrogen and oxygen atoms in total. The van der Waals surface area contributed by atoms with Crippen molar-refractivity contribution in [3.63, 3.8) is 0 Å². The van der Waals surface area contributed by atoms with Gasteiger partial charge in [-0.3, -0.25) is 14.9 Å². The number of carbonyl (C=O) groups excluding carboxylic acids is 1. The zero-order valence-electron chi connectivity index (χ0n) is 9.54. The largest absolute Gasteiger partial charge is 0.497 e. The number of hydrogen-bond acceptors (Lipinski definition) is 4. The first-order valence-corrected chi connectivity index (χ1v) is 5.12. The van der Waals surface area contributed by atoms with Gasteiger partial charge in [0.15, 0.2) is 6.29 Å². The Labute approximate surface area is 102 Å². The van der Waals surface area contributed by atoms with E-state index in [4.69, 9.17) is 4.74 Å². The van der Waals surface area contributed by atoms with Crippen LogP contribution in [0, 0.1) is 10.1 Å². The van der Waals surface area contributed by atoms with Crippen molar-refractivity contribution in [3.8, 4) is 16.9 Å². The van der Waals surface area contributed by atoms with Crippen LogP contribution in [0.25, 0.3) is 11.1 Å². The number of H-pyrrole nitrogens is 1. The third kappa shape index (κ3) is 1.95. The van der Waals surface area contributed by atoms with Gasteiger partial charge in [-0.25, -0.2) is 0 Å². The SMILES string of the molecule is COc1ccc(-c2c([N+](=O)[O-])c[nH]c2C=O)cc1. The molecule has 2 rings (SSSR count). The second-order valence-electron chi connectivity index (χ2n) is 3.57. The van der Waals surface area contributed by atoms with Gasteiger partial charge in [-0.05, 0) is 17.7 Å². The minimum absolute atomic E-state index is 0.123. The first-order valence-electron chi connectivity index (χ1n) is 5.12. The number of carbonyl (C=O) groups is 1. The highest BCUT2D eigenvalue weighted by Crippen LogP contribution is 2.33. The fourth-order valence-electron chi connectivity index (χ4n) is 1.73. The van der Waals surface area contributed by atoms with Crippen LogP contribution in [0.2, 0.25) is 0 Å². The number of hydrogen-bond donors (Lipinski definition) is 1.